The molecule has 2 aliphatic heterocycles. The Balaban J connectivity index is 1.37. The number of aliphatic carboxylic acids is 1. The van der Waals surface area contributed by atoms with Gasteiger partial charge in [0.2, 0.25) is 0 Å². The minimum Gasteiger partial charge on any atom is -0.490 e. The number of nitrogens with zero attached hydrogens (tertiary/aromatic N) is 1. The van der Waals surface area contributed by atoms with Gasteiger partial charge in [-0.25, -0.2) is 8.78 Å². The summed E-state index contributed by atoms with van der Waals surface area (Å²) >= 11 is 0. The van der Waals surface area contributed by atoms with Gasteiger partial charge in [-0.2, -0.15) is 0 Å². The van der Waals surface area contributed by atoms with E-state index < -0.39 is 12.4 Å². The van der Waals surface area contributed by atoms with Gasteiger partial charge in [0.1, 0.15) is 5.75 Å². The quantitative estimate of drug-likeness (QED) is 0.495. The van der Waals surface area contributed by atoms with Crippen LogP contribution in [-0.2, 0) is 11.3 Å². The maximum absolute atomic E-state index is 14.2. The van der Waals surface area contributed by atoms with Crippen LogP contribution in [-0.4, -0.2) is 34.2 Å². The van der Waals surface area contributed by atoms with Crippen LogP contribution in [0.15, 0.2) is 30.3 Å². The summed E-state index contributed by atoms with van der Waals surface area (Å²) in [6, 6.07) is 10.00. The highest BCUT2D eigenvalue weighted by Crippen LogP contribution is 2.40. The van der Waals surface area contributed by atoms with Crippen molar-refractivity contribution < 1.29 is 23.4 Å². The van der Waals surface area contributed by atoms with Crippen molar-refractivity contribution in [3.63, 3.8) is 0 Å². The molecule has 2 unspecified atom stereocenters. The Morgan fingerprint density at radius 2 is 1.76 bits per heavy atom. The van der Waals surface area contributed by atoms with Crippen LogP contribution in [0.4, 0.5) is 8.78 Å². The van der Waals surface area contributed by atoms with E-state index in [2.05, 4.69) is 11.8 Å². The minimum absolute atomic E-state index is 0.00168. The molecule has 2 saturated heterocycles. The molecule has 2 aromatic rings. The first-order chi connectivity index (χ1) is 16.4. The molecule has 5 rings (SSSR count). The fourth-order valence-electron chi connectivity index (χ4n) is 6.49. The monoisotopic (exact) mass is 471 g/mol. The van der Waals surface area contributed by atoms with E-state index in [1.165, 1.54) is 0 Å². The average Bonchev–Trinajstić information content (AvgIpc) is 2.80. The van der Waals surface area contributed by atoms with Crippen molar-refractivity contribution in [2.24, 2.45) is 11.8 Å². The van der Waals surface area contributed by atoms with Gasteiger partial charge in [0, 0.05) is 18.6 Å². The molecule has 3 fully saturated rings. The summed E-state index contributed by atoms with van der Waals surface area (Å²) in [6.07, 6.45) is 6.04. The van der Waals surface area contributed by atoms with Gasteiger partial charge >= 0.3 is 5.97 Å². The number of carbonyl (C=O) groups is 1. The predicted molar refractivity (Wildman–Crippen MR) is 128 cm³/mol. The normalized spacial score (nSPS) is 29.9. The Morgan fingerprint density at radius 3 is 2.41 bits per heavy atom. The molecule has 184 valence electrons. The molecule has 2 heterocycles. The molecular formula is C28H35F2NO3. The van der Waals surface area contributed by atoms with Crippen LogP contribution < -0.4 is 4.74 Å². The Morgan fingerprint density at radius 1 is 1.06 bits per heavy atom. The Labute approximate surface area is 200 Å². The number of ether oxygens (including phenoxy) is 1. The van der Waals surface area contributed by atoms with E-state index >= 15 is 0 Å². The van der Waals surface area contributed by atoms with Crippen LogP contribution in [0.3, 0.4) is 0 Å². The van der Waals surface area contributed by atoms with E-state index in [1.54, 1.807) is 6.07 Å². The third kappa shape index (κ3) is 4.79. The number of hydrogen-bond donors (Lipinski definition) is 1. The number of carboxylic acid groups (broad SMARTS) is 1. The van der Waals surface area contributed by atoms with Crippen molar-refractivity contribution in [1.82, 2.24) is 4.90 Å². The molecule has 1 saturated carbocycles. The lowest BCUT2D eigenvalue weighted by Gasteiger charge is -2.48. The fraction of sp³-hybridized carbons (Fsp3) is 0.607. The largest absolute Gasteiger partial charge is 0.490 e. The zero-order valence-electron chi connectivity index (χ0n) is 19.9. The molecule has 34 heavy (non-hydrogen) atoms. The van der Waals surface area contributed by atoms with Gasteiger partial charge in [-0.15, -0.1) is 0 Å². The average molecular weight is 472 g/mol. The summed E-state index contributed by atoms with van der Waals surface area (Å²) in [7, 11) is 0. The first kappa shape index (κ1) is 23.5. The van der Waals surface area contributed by atoms with Crippen molar-refractivity contribution in [2.45, 2.75) is 95.9 Å². The summed E-state index contributed by atoms with van der Waals surface area (Å²) in [5, 5.41) is 10.9. The first-order valence-electron chi connectivity index (χ1n) is 12.9. The Bertz CT molecular complexity index is 1020. The molecule has 0 aromatic heterocycles. The third-order valence-electron chi connectivity index (χ3n) is 8.40. The third-order valence-corrected chi connectivity index (χ3v) is 8.40. The molecule has 6 heteroatoms. The smallest absolute Gasteiger partial charge is 0.306 e. The molecule has 0 amide bonds. The summed E-state index contributed by atoms with van der Waals surface area (Å²) in [4.78, 5) is 14.0. The number of rotatable bonds is 6. The Hall–Kier alpha value is -2.21. The maximum atomic E-state index is 14.2. The van der Waals surface area contributed by atoms with Crippen LogP contribution in [0.2, 0.25) is 0 Å². The zero-order valence-corrected chi connectivity index (χ0v) is 19.9. The van der Waals surface area contributed by atoms with E-state index in [0.29, 0.717) is 29.9 Å². The summed E-state index contributed by atoms with van der Waals surface area (Å²) < 4.78 is 34.4. The van der Waals surface area contributed by atoms with Crippen LogP contribution in [0.5, 0.6) is 5.75 Å². The van der Waals surface area contributed by atoms with E-state index in [1.807, 2.05) is 24.3 Å². The van der Waals surface area contributed by atoms with E-state index in [4.69, 9.17) is 4.74 Å². The first-order valence-corrected chi connectivity index (χ1v) is 12.9. The van der Waals surface area contributed by atoms with Gasteiger partial charge in [0.15, 0.2) is 0 Å². The summed E-state index contributed by atoms with van der Waals surface area (Å²) in [6.45, 7) is 2.97. The molecule has 1 aliphatic carbocycles. The SMILES string of the molecule is CC1CCC(Oc2ccc3cc(CN4C5CCCC4CC(C(=O)O)C5)ccc3c2C(F)F)CC1. The number of alkyl halides is 2. The lowest BCUT2D eigenvalue weighted by atomic mass is 9.78. The summed E-state index contributed by atoms with van der Waals surface area (Å²) in [5.74, 6) is 0.0732. The maximum Gasteiger partial charge on any atom is 0.306 e. The highest BCUT2D eigenvalue weighted by Gasteiger charge is 2.40. The van der Waals surface area contributed by atoms with Gasteiger partial charge < -0.3 is 9.84 Å². The molecule has 2 bridgehead atoms. The van der Waals surface area contributed by atoms with Crippen LogP contribution in [0, 0.1) is 11.8 Å². The van der Waals surface area contributed by atoms with E-state index in [0.717, 1.165) is 62.4 Å². The zero-order chi connectivity index (χ0) is 23.8. The number of benzene rings is 2. The van der Waals surface area contributed by atoms with Gasteiger partial charge in [-0.05, 0) is 85.8 Å². The standard InChI is InChI=1S/C28H35F2NO3/c1-17-5-9-23(10-6-17)34-25-12-8-19-13-18(7-11-24(19)26(25)27(29)30)16-31-21-3-2-4-22(31)15-20(14-21)28(32)33/h7-8,11-13,17,20-23,27H,2-6,9-10,14-16H2,1H3,(H,32,33). The lowest BCUT2D eigenvalue weighted by molar-refractivity contribution is -0.146. The van der Waals surface area contributed by atoms with Crippen molar-refractivity contribution in [2.75, 3.05) is 0 Å². The van der Waals surface area contributed by atoms with Gasteiger partial charge in [-0.3, -0.25) is 9.69 Å². The fourth-order valence-corrected chi connectivity index (χ4v) is 6.49. The van der Waals surface area contributed by atoms with E-state index in [9.17, 15) is 18.7 Å². The topological polar surface area (TPSA) is 49.8 Å². The minimum atomic E-state index is -2.60. The lowest BCUT2D eigenvalue weighted by Crippen LogP contribution is -2.52. The number of carboxylic acids is 1. The van der Waals surface area contributed by atoms with Crippen LogP contribution >= 0.6 is 0 Å². The highest BCUT2D eigenvalue weighted by molar-refractivity contribution is 5.88. The highest BCUT2D eigenvalue weighted by atomic mass is 19.3. The molecule has 1 N–H and O–H groups in total. The molecule has 2 atom stereocenters. The number of halogens is 2. The molecule has 0 radical (unpaired) electrons. The molecule has 4 nitrogen and oxygen atoms in total. The van der Waals surface area contributed by atoms with Crippen molar-refractivity contribution >= 4 is 16.7 Å². The molecule has 2 aromatic carbocycles. The van der Waals surface area contributed by atoms with Crippen LogP contribution in [0.1, 0.15) is 82.3 Å². The summed E-state index contributed by atoms with van der Waals surface area (Å²) in [5.41, 5.74) is 1.09. The molecule has 0 spiro atoms. The van der Waals surface area contributed by atoms with Gasteiger partial charge in [0.05, 0.1) is 17.6 Å². The van der Waals surface area contributed by atoms with E-state index in [-0.39, 0.29) is 29.7 Å². The van der Waals surface area contributed by atoms with Crippen molar-refractivity contribution in [3.05, 3.63) is 41.5 Å². The molecular weight excluding hydrogens is 436 g/mol. The number of hydrogen-bond acceptors (Lipinski definition) is 3. The van der Waals surface area contributed by atoms with Crippen molar-refractivity contribution in [3.8, 4) is 5.75 Å². The number of fused-ring (bicyclic) bond motifs is 3. The van der Waals surface area contributed by atoms with Crippen LogP contribution in [0.25, 0.3) is 10.8 Å². The second-order valence-corrected chi connectivity index (χ2v) is 10.8. The van der Waals surface area contributed by atoms with Gasteiger partial charge in [-0.1, -0.05) is 31.5 Å². The predicted octanol–water partition coefficient (Wildman–Crippen LogP) is 6.95. The number of piperidine rings is 2. The Kier molecular flexibility index (Phi) is 6.79. The van der Waals surface area contributed by atoms with Crippen molar-refractivity contribution in [1.29, 1.82) is 0 Å². The second-order valence-electron chi connectivity index (χ2n) is 10.8. The molecule has 3 aliphatic rings. The van der Waals surface area contributed by atoms with Gasteiger partial charge in [0.25, 0.3) is 6.43 Å². The second kappa shape index (κ2) is 9.80.